The molecule has 0 saturated heterocycles. The van der Waals surface area contributed by atoms with Gasteiger partial charge in [0.25, 0.3) is 0 Å². The molecule has 2 heterocycles. The predicted molar refractivity (Wildman–Crippen MR) is 89.0 cm³/mol. The topological polar surface area (TPSA) is 38.1 Å². The second-order valence-electron chi connectivity index (χ2n) is 6.56. The molecule has 114 valence electrons. The monoisotopic (exact) mass is 302 g/mol. The highest BCUT2D eigenvalue weighted by molar-refractivity contribution is 5.69. The third-order valence-corrected chi connectivity index (χ3v) is 5.45. The van der Waals surface area contributed by atoms with Crippen molar-refractivity contribution in [2.75, 3.05) is 0 Å². The van der Waals surface area contributed by atoms with Gasteiger partial charge in [-0.1, -0.05) is 48.5 Å². The van der Waals surface area contributed by atoms with E-state index < -0.39 is 6.10 Å². The summed E-state index contributed by atoms with van der Waals surface area (Å²) < 4.78 is 2.24. The lowest BCUT2D eigenvalue weighted by atomic mass is 9.76. The Labute approximate surface area is 135 Å². The minimum Gasteiger partial charge on any atom is -0.388 e. The number of fused-ring (bicyclic) bond motifs is 4. The molecular formula is C20H18N2O. The van der Waals surface area contributed by atoms with Crippen molar-refractivity contribution in [2.24, 2.45) is 5.92 Å². The molecule has 0 spiro atoms. The molecule has 3 aromatic rings. The number of aliphatic hydroxyl groups is 1. The van der Waals surface area contributed by atoms with Gasteiger partial charge in [0, 0.05) is 11.5 Å². The molecule has 3 nitrogen and oxygen atoms in total. The molecule has 0 radical (unpaired) electrons. The fourth-order valence-corrected chi connectivity index (χ4v) is 4.40. The highest BCUT2D eigenvalue weighted by Crippen LogP contribution is 2.49. The van der Waals surface area contributed by atoms with Gasteiger partial charge in [-0.2, -0.15) is 0 Å². The average molecular weight is 302 g/mol. The Morgan fingerprint density at radius 2 is 1.78 bits per heavy atom. The van der Waals surface area contributed by atoms with Crippen LogP contribution in [0.1, 0.15) is 35.3 Å². The van der Waals surface area contributed by atoms with E-state index in [0.29, 0.717) is 0 Å². The number of rotatable bonds is 1. The highest BCUT2D eigenvalue weighted by atomic mass is 16.3. The van der Waals surface area contributed by atoms with Crippen LogP contribution in [0, 0.1) is 5.92 Å². The van der Waals surface area contributed by atoms with Crippen molar-refractivity contribution < 1.29 is 5.11 Å². The minimum absolute atomic E-state index is 0.173. The minimum atomic E-state index is -0.425. The van der Waals surface area contributed by atoms with E-state index in [-0.39, 0.29) is 12.0 Å². The molecule has 0 saturated carbocycles. The van der Waals surface area contributed by atoms with Crippen LogP contribution in [-0.4, -0.2) is 14.7 Å². The van der Waals surface area contributed by atoms with Crippen molar-refractivity contribution in [3.05, 3.63) is 77.7 Å². The molecule has 3 heteroatoms. The van der Waals surface area contributed by atoms with Gasteiger partial charge in [0.2, 0.25) is 0 Å². The lowest BCUT2D eigenvalue weighted by Gasteiger charge is -2.35. The van der Waals surface area contributed by atoms with E-state index in [4.69, 9.17) is 0 Å². The summed E-state index contributed by atoms with van der Waals surface area (Å²) in [5, 5.41) is 11.0. The molecule has 2 aliphatic rings. The van der Waals surface area contributed by atoms with Crippen LogP contribution in [0.2, 0.25) is 0 Å². The van der Waals surface area contributed by atoms with Gasteiger partial charge >= 0.3 is 0 Å². The van der Waals surface area contributed by atoms with Crippen LogP contribution in [0.15, 0.2) is 61.1 Å². The Bertz CT molecular complexity index is 883. The van der Waals surface area contributed by atoms with E-state index in [2.05, 4.69) is 52.0 Å². The smallest absolute Gasteiger partial charge is 0.0956 e. The summed E-state index contributed by atoms with van der Waals surface area (Å²) in [5.74, 6) is 0.182. The summed E-state index contributed by atoms with van der Waals surface area (Å²) in [7, 11) is 0. The molecular weight excluding hydrogens is 284 g/mol. The fourth-order valence-electron chi connectivity index (χ4n) is 4.40. The van der Waals surface area contributed by atoms with Crippen LogP contribution < -0.4 is 0 Å². The first kappa shape index (κ1) is 13.1. The van der Waals surface area contributed by atoms with Crippen molar-refractivity contribution >= 4 is 0 Å². The summed E-state index contributed by atoms with van der Waals surface area (Å²) >= 11 is 0. The molecule has 0 amide bonds. The second kappa shape index (κ2) is 4.80. The van der Waals surface area contributed by atoms with Gasteiger partial charge in [-0.25, -0.2) is 4.98 Å². The number of aryl methyl sites for hydroxylation is 1. The molecule has 1 aromatic heterocycles. The SMILES string of the molecule is O[C@@H]1c2ccccc2CC[C@H]1C1c2ccccc2-c2cncn21. The second-order valence-corrected chi connectivity index (χ2v) is 6.56. The molecule has 1 N–H and O–H groups in total. The summed E-state index contributed by atoms with van der Waals surface area (Å²) in [6.07, 6.45) is 5.44. The van der Waals surface area contributed by atoms with Gasteiger partial charge in [-0.15, -0.1) is 0 Å². The van der Waals surface area contributed by atoms with Gasteiger partial charge in [-0.05, 0) is 29.5 Å². The zero-order valence-electron chi connectivity index (χ0n) is 12.8. The van der Waals surface area contributed by atoms with Crippen molar-refractivity contribution in [1.29, 1.82) is 0 Å². The van der Waals surface area contributed by atoms with E-state index in [9.17, 15) is 5.11 Å². The number of benzene rings is 2. The van der Waals surface area contributed by atoms with E-state index in [0.717, 1.165) is 24.1 Å². The molecule has 1 aliphatic heterocycles. The number of aliphatic hydroxyl groups excluding tert-OH is 1. The third-order valence-electron chi connectivity index (χ3n) is 5.45. The molecule has 0 bridgehead atoms. The Hall–Kier alpha value is -2.39. The maximum Gasteiger partial charge on any atom is 0.0956 e. The number of hydrogen-bond acceptors (Lipinski definition) is 2. The number of hydrogen-bond donors (Lipinski definition) is 1. The van der Waals surface area contributed by atoms with Gasteiger partial charge in [0.05, 0.1) is 30.4 Å². The largest absolute Gasteiger partial charge is 0.388 e. The quantitative estimate of drug-likeness (QED) is 0.743. The van der Waals surface area contributed by atoms with Crippen LogP contribution in [0.25, 0.3) is 11.3 Å². The van der Waals surface area contributed by atoms with Gasteiger partial charge in [-0.3, -0.25) is 0 Å². The molecule has 5 rings (SSSR count). The fraction of sp³-hybridized carbons (Fsp3) is 0.250. The predicted octanol–water partition coefficient (Wildman–Crippen LogP) is 3.75. The standard InChI is InChI=1S/C20H18N2O/c23-20-14-6-2-1-5-13(14)9-10-17(20)19-16-8-4-3-7-15(16)18-11-21-12-22(18)19/h1-8,11-12,17,19-20,23H,9-10H2/t17-,19?,20+/m0/s1. The van der Waals surface area contributed by atoms with Crippen LogP contribution in [0.3, 0.4) is 0 Å². The first-order valence-electron chi connectivity index (χ1n) is 8.21. The Morgan fingerprint density at radius 1 is 1.00 bits per heavy atom. The van der Waals surface area contributed by atoms with E-state index in [1.54, 1.807) is 0 Å². The van der Waals surface area contributed by atoms with E-state index >= 15 is 0 Å². The molecule has 23 heavy (non-hydrogen) atoms. The molecule has 1 aliphatic carbocycles. The van der Waals surface area contributed by atoms with Gasteiger partial charge < -0.3 is 9.67 Å². The number of nitrogens with zero attached hydrogens (tertiary/aromatic N) is 2. The summed E-state index contributed by atoms with van der Waals surface area (Å²) in [5.41, 5.74) is 6.11. The Balaban J connectivity index is 1.64. The normalized spacial score (nSPS) is 24.8. The van der Waals surface area contributed by atoms with Gasteiger partial charge in [0.1, 0.15) is 0 Å². The maximum absolute atomic E-state index is 11.0. The van der Waals surface area contributed by atoms with Crippen molar-refractivity contribution in [3.63, 3.8) is 0 Å². The van der Waals surface area contributed by atoms with Crippen molar-refractivity contribution in [2.45, 2.75) is 25.0 Å². The third kappa shape index (κ3) is 1.77. The molecule has 1 unspecified atom stereocenters. The molecule has 0 fully saturated rings. The number of imidazole rings is 1. The van der Waals surface area contributed by atoms with Crippen LogP contribution in [0.4, 0.5) is 0 Å². The van der Waals surface area contributed by atoms with E-state index in [1.165, 1.54) is 16.7 Å². The summed E-state index contributed by atoms with van der Waals surface area (Å²) in [4.78, 5) is 4.34. The Morgan fingerprint density at radius 3 is 2.70 bits per heavy atom. The van der Waals surface area contributed by atoms with Crippen LogP contribution >= 0.6 is 0 Å². The van der Waals surface area contributed by atoms with E-state index in [1.807, 2.05) is 18.6 Å². The lowest BCUT2D eigenvalue weighted by molar-refractivity contribution is 0.0720. The number of aromatic nitrogens is 2. The molecule has 3 atom stereocenters. The van der Waals surface area contributed by atoms with Crippen molar-refractivity contribution in [1.82, 2.24) is 9.55 Å². The first-order valence-corrected chi connectivity index (χ1v) is 8.21. The lowest BCUT2D eigenvalue weighted by Crippen LogP contribution is -2.28. The zero-order valence-corrected chi connectivity index (χ0v) is 12.8. The summed E-state index contributed by atoms with van der Waals surface area (Å²) in [6.45, 7) is 0. The highest BCUT2D eigenvalue weighted by Gasteiger charge is 2.40. The maximum atomic E-state index is 11.0. The van der Waals surface area contributed by atoms with Gasteiger partial charge in [0.15, 0.2) is 0 Å². The summed E-state index contributed by atoms with van der Waals surface area (Å²) in [6, 6.07) is 17.0. The van der Waals surface area contributed by atoms with Crippen LogP contribution in [-0.2, 0) is 6.42 Å². The zero-order chi connectivity index (χ0) is 15.4. The first-order chi connectivity index (χ1) is 11.3. The Kier molecular flexibility index (Phi) is 2.73. The van der Waals surface area contributed by atoms with Crippen molar-refractivity contribution in [3.8, 4) is 11.3 Å². The van der Waals surface area contributed by atoms with Crippen LogP contribution in [0.5, 0.6) is 0 Å². The average Bonchev–Trinajstić information content (AvgIpc) is 3.17. The molecule has 2 aromatic carbocycles.